The van der Waals surface area contributed by atoms with E-state index >= 15 is 0 Å². The van der Waals surface area contributed by atoms with E-state index in [1.54, 1.807) is 50.2 Å². The van der Waals surface area contributed by atoms with Crippen LogP contribution in [0.15, 0.2) is 48.5 Å². The SMILES string of the molecule is Cc1nc(Oc2ccccc2F)nc(C)c1NC(=O)c1cccc(Cl)c1. The largest absolute Gasteiger partial charge is 0.421 e. The zero-order valence-corrected chi connectivity index (χ0v) is 14.8. The summed E-state index contributed by atoms with van der Waals surface area (Å²) in [5.41, 5.74) is 1.89. The molecule has 0 aliphatic carbocycles. The van der Waals surface area contributed by atoms with E-state index in [2.05, 4.69) is 15.3 Å². The lowest BCUT2D eigenvalue weighted by atomic mass is 10.2. The number of benzene rings is 2. The monoisotopic (exact) mass is 371 g/mol. The second kappa shape index (κ2) is 7.49. The average molecular weight is 372 g/mol. The minimum absolute atomic E-state index is 0.00542. The van der Waals surface area contributed by atoms with E-state index in [1.165, 1.54) is 12.1 Å². The summed E-state index contributed by atoms with van der Waals surface area (Å²) in [7, 11) is 0. The van der Waals surface area contributed by atoms with E-state index in [-0.39, 0.29) is 17.7 Å². The van der Waals surface area contributed by atoms with Crippen molar-refractivity contribution in [3.05, 3.63) is 76.3 Å². The lowest BCUT2D eigenvalue weighted by molar-refractivity contribution is 0.102. The molecule has 0 atom stereocenters. The van der Waals surface area contributed by atoms with E-state index < -0.39 is 5.82 Å². The zero-order valence-electron chi connectivity index (χ0n) is 14.1. The van der Waals surface area contributed by atoms with Gasteiger partial charge in [0.1, 0.15) is 0 Å². The number of rotatable bonds is 4. The Morgan fingerprint density at radius 2 is 1.77 bits per heavy atom. The van der Waals surface area contributed by atoms with Gasteiger partial charge in [-0.05, 0) is 44.2 Å². The Morgan fingerprint density at radius 3 is 2.42 bits per heavy atom. The Labute approximate surface area is 154 Å². The topological polar surface area (TPSA) is 64.1 Å². The maximum absolute atomic E-state index is 13.7. The summed E-state index contributed by atoms with van der Waals surface area (Å²) in [6.45, 7) is 3.41. The number of amides is 1. The van der Waals surface area contributed by atoms with Gasteiger partial charge >= 0.3 is 6.01 Å². The highest BCUT2D eigenvalue weighted by Crippen LogP contribution is 2.25. The van der Waals surface area contributed by atoms with E-state index in [0.29, 0.717) is 27.7 Å². The number of anilines is 1. The molecule has 3 aromatic rings. The van der Waals surface area contributed by atoms with Crippen LogP contribution in [0.2, 0.25) is 5.02 Å². The molecule has 0 fully saturated rings. The number of aromatic nitrogens is 2. The first kappa shape index (κ1) is 17.8. The molecule has 0 radical (unpaired) electrons. The minimum Gasteiger partial charge on any atom is -0.421 e. The van der Waals surface area contributed by atoms with Crippen LogP contribution in [0.1, 0.15) is 21.7 Å². The number of carbonyl (C=O) groups is 1. The molecule has 1 heterocycles. The van der Waals surface area contributed by atoms with E-state index in [9.17, 15) is 9.18 Å². The molecule has 3 rings (SSSR count). The van der Waals surface area contributed by atoms with Gasteiger partial charge in [0.2, 0.25) is 0 Å². The normalized spacial score (nSPS) is 10.5. The summed E-state index contributed by atoms with van der Waals surface area (Å²) in [5.74, 6) is -0.808. The summed E-state index contributed by atoms with van der Waals surface area (Å²) in [5, 5.41) is 3.24. The van der Waals surface area contributed by atoms with Crippen LogP contribution in [-0.4, -0.2) is 15.9 Å². The van der Waals surface area contributed by atoms with Crippen molar-refractivity contribution >= 4 is 23.2 Å². The smallest absolute Gasteiger partial charge is 0.322 e. The molecule has 132 valence electrons. The van der Waals surface area contributed by atoms with Crippen LogP contribution >= 0.6 is 11.6 Å². The Morgan fingerprint density at radius 1 is 1.08 bits per heavy atom. The third-order valence-corrected chi connectivity index (χ3v) is 3.85. The standard InChI is InChI=1S/C19H15ClFN3O2/c1-11-17(24-18(25)13-6-5-7-14(20)10-13)12(2)23-19(22-11)26-16-9-4-3-8-15(16)21/h3-10H,1-2H3,(H,24,25). The highest BCUT2D eigenvalue weighted by atomic mass is 35.5. The molecule has 0 saturated heterocycles. The average Bonchev–Trinajstić information content (AvgIpc) is 2.60. The van der Waals surface area contributed by atoms with Gasteiger partial charge in [0.05, 0.1) is 17.1 Å². The van der Waals surface area contributed by atoms with Crippen LogP contribution in [0.3, 0.4) is 0 Å². The molecule has 26 heavy (non-hydrogen) atoms. The molecule has 1 N–H and O–H groups in total. The first-order valence-corrected chi connectivity index (χ1v) is 8.16. The van der Waals surface area contributed by atoms with Gasteiger partial charge in [0.15, 0.2) is 11.6 Å². The van der Waals surface area contributed by atoms with Crippen LogP contribution in [0.25, 0.3) is 0 Å². The summed E-state index contributed by atoms with van der Waals surface area (Å²) in [4.78, 5) is 20.8. The fraction of sp³-hybridized carbons (Fsp3) is 0.105. The third-order valence-electron chi connectivity index (χ3n) is 3.61. The van der Waals surface area contributed by atoms with E-state index in [1.807, 2.05) is 0 Å². The van der Waals surface area contributed by atoms with Crippen molar-refractivity contribution in [3.8, 4) is 11.8 Å². The van der Waals surface area contributed by atoms with Crippen molar-refractivity contribution in [2.24, 2.45) is 0 Å². The van der Waals surface area contributed by atoms with Gasteiger partial charge < -0.3 is 10.1 Å². The lowest BCUT2D eigenvalue weighted by Gasteiger charge is -2.12. The molecule has 7 heteroatoms. The van der Waals surface area contributed by atoms with Crippen LogP contribution in [0, 0.1) is 19.7 Å². The molecule has 0 aliphatic heterocycles. The Balaban J connectivity index is 1.83. The van der Waals surface area contributed by atoms with Gasteiger partial charge in [-0.15, -0.1) is 0 Å². The van der Waals surface area contributed by atoms with Gasteiger partial charge in [-0.25, -0.2) is 4.39 Å². The maximum atomic E-state index is 13.7. The van der Waals surface area contributed by atoms with Gasteiger partial charge in [0, 0.05) is 10.6 Å². The quantitative estimate of drug-likeness (QED) is 0.706. The fourth-order valence-corrected chi connectivity index (χ4v) is 2.54. The predicted molar refractivity (Wildman–Crippen MR) is 97.4 cm³/mol. The van der Waals surface area contributed by atoms with Crippen molar-refractivity contribution in [1.29, 1.82) is 0 Å². The molecule has 1 amide bonds. The number of para-hydroxylation sites is 1. The van der Waals surface area contributed by atoms with Crippen molar-refractivity contribution in [1.82, 2.24) is 9.97 Å². The number of nitrogens with one attached hydrogen (secondary N) is 1. The van der Waals surface area contributed by atoms with E-state index in [0.717, 1.165) is 0 Å². The van der Waals surface area contributed by atoms with Gasteiger partial charge in [-0.2, -0.15) is 9.97 Å². The third kappa shape index (κ3) is 3.97. The molecule has 0 aliphatic rings. The van der Waals surface area contributed by atoms with Gasteiger partial charge in [0.25, 0.3) is 5.91 Å². The highest BCUT2D eigenvalue weighted by molar-refractivity contribution is 6.31. The maximum Gasteiger partial charge on any atom is 0.322 e. The number of carbonyl (C=O) groups excluding carboxylic acids is 1. The van der Waals surface area contributed by atoms with Crippen LogP contribution in [-0.2, 0) is 0 Å². The number of ether oxygens (including phenoxy) is 1. The first-order chi connectivity index (χ1) is 12.4. The summed E-state index contributed by atoms with van der Waals surface area (Å²) in [6, 6.07) is 12.6. The first-order valence-electron chi connectivity index (χ1n) is 7.78. The molecule has 0 saturated carbocycles. The molecule has 0 unspecified atom stereocenters. The lowest BCUT2D eigenvalue weighted by Crippen LogP contribution is -2.15. The fourth-order valence-electron chi connectivity index (χ4n) is 2.35. The molecule has 0 spiro atoms. The summed E-state index contributed by atoms with van der Waals surface area (Å²) in [6.07, 6.45) is 0. The number of hydrogen-bond donors (Lipinski definition) is 1. The molecule has 1 aromatic heterocycles. The highest BCUT2D eigenvalue weighted by Gasteiger charge is 2.15. The summed E-state index contributed by atoms with van der Waals surface area (Å²) < 4.78 is 19.1. The second-order valence-corrected chi connectivity index (χ2v) is 5.99. The Bertz CT molecular complexity index is 955. The Kier molecular flexibility index (Phi) is 5.14. The Hall–Kier alpha value is -2.99. The van der Waals surface area contributed by atoms with E-state index in [4.69, 9.17) is 16.3 Å². The molecule has 0 bridgehead atoms. The molecular weight excluding hydrogens is 357 g/mol. The minimum atomic E-state index is -0.509. The van der Waals surface area contributed by atoms with Gasteiger partial charge in [-0.1, -0.05) is 29.8 Å². The predicted octanol–water partition coefficient (Wildman–Crippen LogP) is 4.93. The molecule has 2 aromatic carbocycles. The number of halogens is 2. The van der Waals surface area contributed by atoms with Crippen LogP contribution < -0.4 is 10.1 Å². The van der Waals surface area contributed by atoms with Crippen molar-refractivity contribution in [2.45, 2.75) is 13.8 Å². The van der Waals surface area contributed by atoms with Crippen LogP contribution in [0.5, 0.6) is 11.8 Å². The summed E-state index contributed by atoms with van der Waals surface area (Å²) >= 11 is 5.91. The zero-order chi connectivity index (χ0) is 18.7. The number of aryl methyl sites for hydroxylation is 2. The number of hydrogen-bond acceptors (Lipinski definition) is 4. The van der Waals surface area contributed by atoms with Crippen LogP contribution in [0.4, 0.5) is 10.1 Å². The molecular formula is C19H15ClFN3O2. The second-order valence-electron chi connectivity index (χ2n) is 5.55. The van der Waals surface area contributed by atoms with Crippen molar-refractivity contribution in [2.75, 3.05) is 5.32 Å². The number of nitrogens with zero attached hydrogens (tertiary/aromatic N) is 2. The van der Waals surface area contributed by atoms with Crippen molar-refractivity contribution < 1.29 is 13.9 Å². The van der Waals surface area contributed by atoms with Crippen molar-refractivity contribution in [3.63, 3.8) is 0 Å². The molecule has 5 nitrogen and oxygen atoms in total. The van der Waals surface area contributed by atoms with Gasteiger partial charge in [-0.3, -0.25) is 4.79 Å².